The molecule has 0 radical (unpaired) electrons. The van der Waals surface area contributed by atoms with Gasteiger partial charge in [0.15, 0.2) is 0 Å². The molecule has 1 saturated carbocycles. The van der Waals surface area contributed by atoms with Crippen LogP contribution in [0.5, 0.6) is 0 Å². The molecule has 150 valence electrons. The van der Waals surface area contributed by atoms with Crippen molar-refractivity contribution in [3.05, 3.63) is 45.5 Å². The van der Waals surface area contributed by atoms with Gasteiger partial charge in [0.2, 0.25) is 0 Å². The molecule has 2 atom stereocenters. The van der Waals surface area contributed by atoms with Crippen LogP contribution in [0.15, 0.2) is 23.2 Å². The molecule has 0 aliphatic heterocycles. The summed E-state index contributed by atoms with van der Waals surface area (Å²) in [5, 5.41) is -1.19. The normalized spacial score (nSPS) is 22.1. The van der Waals surface area contributed by atoms with Crippen molar-refractivity contribution >= 4 is 17.6 Å². The van der Waals surface area contributed by atoms with Crippen molar-refractivity contribution < 1.29 is 22.7 Å². The number of rotatable bonds is 5. The number of alkyl halides is 3. The van der Waals surface area contributed by atoms with E-state index in [0.29, 0.717) is 5.92 Å². The van der Waals surface area contributed by atoms with Gasteiger partial charge >= 0.3 is 12.1 Å². The van der Waals surface area contributed by atoms with Crippen LogP contribution in [-0.4, -0.2) is 12.1 Å². The van der Waals surface area contributed by atoms with E-state index < -0.39 is 34.4 Å². The molecule has 1 aliphatic rings. The van der Waals surface area contributed by atoms with Crippen LogP contribution in [0.2, 0.25) is 0 Å². The molecule has 2 nitrogen and oxygen atoms in total. The SMILES string of the molecule is Cc1ccc(C(C)C)c(C)c1COC(=O)C1C(C=C(Cl)C(F)(F)F)C1(C)C. The average molecular weight is 403 g/mol. The summed E-state index contributed by atoms with van der Waals surface area (Å²) in [6, 6.07) is 4.08. The highest BCUT2D eigenvalue weighted by Gasteiger charge is 2.62. The third kappa shape index (κ3) is 4.50. The van der Waals surface area contributed by atoms with Crippen molar-refractivity contribution in [1.82, 2.24) is 0 Å². The Kier molecular flexibility index (Phi) is 6.05. The van der Waals surface area contributed by atoms with E-state index in [1.807, 2.05) is 19.9 Å². The van der Waals surface area contributed by atoms with Crippen LogP contribution >= 0.6 is 11.6 Å². The Bertz CT molecular complexity index is 763. The maximum absolute atomic E-state index is 12.7. The van der Waals surface area contributed by atoms with Gasteiger partial charge in [0.1, 0.15) is 11.6 Å². The summed E-state index contributed by atoms with van der Waals surface area (Å²) in [4.78, 5) is 12.5. The second-order valence-electron chi connectivity index (χ2n) is 8.17. The van der Waals surface area contributed by atoms with Crippen LogP contribution in [0.25, 0.3) is 0 Å². The van der Waals surface area contributed by atoms with Crippen LogP contribution in [0.3, 0.4) is 0 Å². The van der Waals surface area contributed by atoms with Gasteiger partial charge in [0.25, 0.3) is 0 Å². The molecule has 0 heterocycles. The number of esters is 1. The van der Waals surface area contributed by atoms with Crippen molar-refractivity contribution in [3.63, 3.8) is 0 Å². The highest BCUT2D eigenvalue weighted by Crippen LogP contribution is 2.60. The predicted octanol–water partition coefficient (Wildman–Crippen LogP) is 6.43. The van der Waals surface area contributed by atoms with E-state index in [9.17, 15) is 18.0 Å². The van der Waals surface area contributed by atoms with Crippen molar-refractivity contribution in [1.29, 1.82) is 0 Å². The van der Waals surface area contributed by atoms with E-state index in [-0.39, 0.29) is 6.61 Å². The molecule has 1 aliphatic carbocycles. The van der Waals surface area contributed by atoms with E-state index in [1.165, 1.54) is 5.56 Å². The molecule has 0 bridgehead atoms. The number of aryl methyl sites for hydroxylation is 1. The number of benzene rings is 1. The molecule has 0 spiro atoms. The summed E-state index contributed by atoms with van der Waals surface area (Å²) in [6.45, 7) is 11.8. The minimum atomic E-state index is -4.60. The van der Waals surface area contributed by atoms with Crippen LogP contribution < -0.4 is 0 Å². The topological polar surface area (TPSA) is 26.3 Å². The predicted molar refractivity (Wildman–Crippen MR) is 101 cm³/mol. The van der Waals surface area contributed by atoms with Crippen molar-refractivity contribution in [2.75, 3.05) is 0 Å². The second kappa shape index (κ2) is 7.50. The van der Waals surface area contributed by atoms with E-state index in [2.05, 4.69) is 19.9 Å². The van der Waals surface area contributed by atoms with E-state index in [4.69, 9.17) is 16.3 Å². The number of halogens is 4. The van der Waals surface area contributed by atoms with Gasteiger partial charge in [-0.1, -0.05) is 57.5 Å². The largest absolute Gasteiger partial charge is 0.461 e. The Labute approximate surface area is 163 Å². The number of carbonyl (C=O) groups excluding carboxylic acids is 1. The van der Waals surface area contributed by atoms with Crippen LogP contribution in [0, 0.1) is 31.1 Å². The van der Waals surface area contributed by atoms with Crippen LogP contribution in [0.1, 0.15) is 55.9 Å². The minimum Gasteiger partial charge on any atom is -0.461 e. The Hall–Kier alpha value is -1.49. The first-order valence-electron chi connectivity index (χ1n) is 8.98. The quantitative estimate of drug-likeness (QED) is 0.530. The standard InChI is InChI=1S/C21H26ClF3O2/c1-11(2)14-8-7-12(3)15(13(14)4)10-27-19(26)18-16(20(18,5)6)9-17(22)21(23,24)25/h7-9,11,16,18H,10H2,1-6H3. The summed E-state index contributed by atoms with van der Waals surface area (Å²) >= 11 is 5.33. The molecule has 0 N–H and O–H groups in total. The van der Waals surface area contributed by atoms with Gasteiger partial charge in [-0.15, -0.1) is 0 Å². The fraction of sp³-hybridized carbons (Fsp3) is 0.571. The molecule has 0 aromatic heterocycles. The van der Waals surface area contributed by atoms with Crippen molar-refractivity contribution in [2.24, 2.45) is 17.3 Å². The van der Waals surface area contributed by atoms with E-state index in [1.54, 1.807) is 13.8 Å². The second-order valence-corrected chi connectivity index (χ2v) is 8.58. The molecule has 0 amide bonds. The zero-order valence-electron chi connectivity index (χ0n) is 16.5. The number of ether oxygens (including phenoxy) is 1. The van der Waals surface area contributed by atoms with Gasteiger partial charge in [-0.25, -0.2) is 0 Å². The minimum absolute atomic E-state index is 0.118. The van der Waals surface area contributed by atoms with Gasteiger partial charge in [-0.05, 0) is 53.4 Å². The van der Waals surface area contributed by atoms with Crippen LogP contribution in [0.4, 0.5) is 13.2 Å². The molecular formula is C21H26ClF3O2. The Morgan fingerprint density at radius 2 is 1.89 bits per heavy atom. The first-order valence-corrected chi connectivity index (χ1v) is 9.36. The summed E-state index contributed by atoms with van der Waals surface area (Å²) in [5.74, 6) is -1.34. The van der Waals surface area contributed by atoms with Crippen molar-refractivity contribution in [3.8, 4) is 0 Å². The van der Waals surface area contributed by atoms with Gasteiger partial charge < -0.3 is 4.74 Å². The Morgan fingerprint density at radius 1 is 1.30 bits per heavy atom. The average Bonchev–Trinajstić information content (AvgIpc) is 3.06. The molecule has 2 rings (SSSR count). The summed E-state index contributed by atoms with van der Waals surface area (Å²) in [6.07, 6.45) is -3.66. The number of carbonyl (C=O) groups is 1. The molecule has 1 aromatic carbocycles. The van der Waals surface area contributed by atoms with E-state index in [0.717, 1.165) is 22.8 Å². The number of allylic oxidation sites excluding steroid dienone is 2. The molecular weight excluding hydrogens is 377 g/mol. The zero-order chi connectivity index (χ0) is 20.7. The van der Waals surface area contributed by atoms with Gasteiger partial charge in [0.05, 0.1) is 5.92 Å². The lowest BCUT2D eigenvalue weighted by Gasteiger charge is -2.17. The lowest BCUT2D eigenvalue weighted by molar-refractivity contribution is -0.147. The van der Waals surface area contributed by atoms with Crippen LogP contribution in [-0.2, 0) is 16.1 Å². The maximum Gasteiger partial charge on any atom is 0.426 e. The van der Waals surface area contributed by atoms with Gasteiger partial charge in [-0.3, -0.25) is 4.79 Å². The number of hydrogen-bond acceptors (Lipinski definition) is 2. The summed E-state index contributed by atoms with van der Waals surface area (Å²) in [7, 11) is 0. The molecule has 27 heavy (non-hydrogen) atoms. The monoisotopic (exact) mass is 402 g/mol. The van der Waals surface area contributed by atoms with Crippen molar-refractivity contribution in [2.45, 2.75) is 60.2 Å². The fourth-order valence-electron chi connectivity index (χ4n) is 3.68. The third-order valence-electron chi connectivity index (χ3n) is 5.62. The first kappa shape index (κ1) is 21.8. The summed E-state index contributed by atoms with van der Waals surface area (Å²) < 4.78 is 43.5. The Balaban J connectivity index is 2.12. The van der Waals surface area contributed by atoms with E-state index >= 15 is 0 Å². The molecule has 2 unspecified atom stereocenters. The molecule has 0 saturated heterocycles. The maximum atomic E-state index is 12.7. The lowest BCUT2D eigenvalue weighted by atomic mass is 9.92. The third-order valence-corrected chi connectivity index (χ3v) is 5.96. The fourth-order valence-corrected chi connectivity index (χ4v) is 3.82. The lowest BCUT2D eigenvalue weighted by Crippen LogP contribution is -2.12. The smallest absolute Gasteiger partial charge is 0.426 e. The first-order chi connectivity index (χ1) is 12.3. The summed E-state index contributed by atoms with van der Waals surface area (Å²) in [5.41, 5.74) is 3.65. The molecule has 1 fully saturated rings. The number of hydrogen-bond donors (Lipinski definition) is 0. The highest BCUT2D eigenvalue weighted by molar-refractivity contribution is 6.30. The molecule has 1 aromatic rings. The van der Waals surface area contributed by atoms with Gasteiger partial charge in [0, 0.05) is 0 Å². The van der Waals surface area contributed by atoms with Gasteiger partial charge in [-0.2, -0.15) is 13.2 Å². The highest BCUT2D eigenvalue weighted by atomic mass is 35.5. The molecule has 6 heteroatoms. The Morgan fingerprint density at radius 3 is 2.41 bits per heavy atom. The zero-order valence-corrected chi connectivity index (χ0v) is 17.3.